The van der Waals surface area contributed by atoms with E-state index in [9.17, 15) is 0 Å². The molecule has 2 heterocycles. The van der Waals surface area contributed by atoms with Crippen molar-refractivity contribution in [3.05, 3.63) is 56.3 Å². The fourth-order valence-corrected chi connectivity index (χ4v) is 4.49. The van der Waals surface area contributed by atoms with Crippen LogP contribution in [0.25, 0.3) is 10.9 Å². The summed E-state index contributed by atoms with van der Waals surface area (Å²) in [6.45, 7) is 0. The molecule has 4 rings (SSSR count). The van der Waals surface area contributed by atoms with E-state index < -0.39 is 0 Å². The molecule has 0 saturated heterocycles. The molecule has 0 aliphatic heterocycles. The fourth-order valence-electron chi connectivity index (χ4n) is 2.92. The lowest BCUT2D eigenvalue weighted by Gasteiger charge is -2.16. The van der Waals surface area contributed by atoms with Gasteiger partial charge in [0.05, 0.1) is 26.6 Å². The van der Waals surface area contributed by atoms with Crippen LogP contribution >= 0.6 is 34.5 Å². The molecule has 1 aromatic carbocycles. The third-order valence-corrected chi connectivity index (χ3v) is 5.56. The van der Waals surface area contributed by atoms with Gasteiger partial charge in [0.2, 0.25) is 0 Å². The van der Waals surface area contributed by atoms with E-state index in [0.717, 1.165) is 38.8 Å². The quantitative estimate of drug-likeness (QED) is 0.649. The van der Waals surface area contributed by atoms with Crippen LogP contribution in [0.15, 0.2) is 36.5 Å². The van der Waals surface area contributed by atoms with Gasteiger partial charge in [0.1, 0.15) is 0 Å². The Hall–Kier alpha value is -1.29. The monoisotopic (exact) mass is 334 g/mol. The molecule has 1 aliphatic carbocycles. The molecule has 0 saturated carbocycles. The van der Waals surface area contributed by atoms with Crippen LogP contribution in [-0.2, 0) is 6.42 Å². The van der Waals surface area contributed by atoms with Gasteiger partial charge < -0.3 is 5.32 Å². The molecule has 1 N–H and O–H groups in total. The van der Waals surface area contributed by atoms with Crippen LogP contribution in [0.3, 0.4) is 0 Å². The highest BCUT2D eigenvalue weighted by molar-refractivity contribution is 7.16. The van der Waals surface area contributed by atoms with Crippen molar-refractivity contribution >= 4 is 51.1 Å². The van der Waals surface area contributed by atoms with Crippen LogP contribution in [-0.4, -0.2) is 4.98 Å². The Morgan fingerprint density at radius 1 is 1.24 bits per heavy atom. The number of hydrogen-bond acceptors (Lipinski definition) is 3. The Morgan fingerprint density at radius 3 is 3.05 bits per heavy atom. The summed E-state index contributed by atoms with van der Waals surface area (Å²) in [6, 6.07) is 10.2. The van der Waals surface area contributed by atoms with Crippen LogP contribution in [0.1, 0.15) is 22.9 Å². The standard InChI is InChI=1S/C16H12Cl2N2S/c17-11-3-4-13(16-9(11)2-1-7-19-16)20-12-5-6-14-10(12)8-15(18)21-14/h1-4,7-8,12,20H,5-6H2. The molecule has 0 fully saturated rings. The molecule has 1 aliphatic rings. The summed E-state index contributed by atoms with van der Waals surface area (Å²) < 4.78 is 0.866. The fraction of sp³-hybridized carbons (Fsp3) is 0.188. The summed E-state index contributed by atoms with van der Waals surface area (Å²) in [5, 5.41) is 5.32. The zero-order chi connectivity index (χ0) is 14.4. The molecule has 0 bridgehead atoms. The molecule has 0 amide bonds. The number of hydrogen-bond donors (Lipinski definition) is 1. The molecular weight excluding hydrogens is 323 g/mol. The van der Waals surface area contributed by atoms with E-state index in [0.29, 0.717) is 6.04 Å². The van der Waals surface area contributed by atoms with Gasteiger partial charge in [0, 0.05) is 16.5 Å². The highest BCUT2D eigenvalue weighted by Gasteiger charge is 2.25. The van der Waals surface area contributed by atoms with Gasteiger partial charge in [-0.25, -0.2) is 0 Å². The number of fused-ring (bicyclic) bond motifs is 2. The minimum absolute atomic E-state index is 0.301. The van der Waals surface area contributed by atoms with Gasteiger partial charge in [0.15, 0.2) is 0 Å². The molecule has 106 valence electrons. The molecule has 21 heavy (non-hydrogen) atoms. The Kier molecular flexibility index (Phi) is 3.29. The normalized spacial score (nSPS) is 17.1. The number of aromatic nitrogens is 1. The summed E-state index contributed by atoms with van der Waals surface area (Å²) >= 11 is 14.1. The summed E-state index contributed by atoms with van der Waals surface area (Å²) in [4.78, 5) is 5.87. The first-order valence-electron chi connectivity index (χ1n) is 6.80. The number of pyridine rings is 1. The largest absolute Gasteiger partial charge is 0.376 e. The summed E-state index contributed by atoms with van der Waals surface area (Å²) in [7, 11) is 0. The first-order valence-corrected chi connectivity index (χ1v) is 8.37. The number of halogens is 2. The van der Waals surface area contributed by atoms with Crippen molar-refractivity contribution in [2.24, 2.45) is 0 Å². The summed E-state index contributed by atoms with van der Waals surface area (Å²) in [6.07, 6.45) is 3.98. The zero-order valence-electron chi connectivity index (χ0n) is 11.1. The third-order valence-electron chi connectivity index (χ3n) is 3.89. The van der Waals surface area contributed by atoms with Crippen molar-refractivity contribution < 1.29 is 0 Å². The van der Waals surface area contributed by atoms with Crippen LogP contribution in [0.5, 0.6) is 0 Å². The van der Waals surface area contributed by atoms with Crippen molar-refractivity contribution in [3.8, 4) is 0 Å². The first kappa shape index (κ1) is 13.4. The SMILES string of the molecule is Clc1cc2c(s1)CCC2Nc1ccc(Cl)c2cccnc12. The molecular formula is C16H12Cl2N2S. The summed E-state index contributed by atoms with van der Waals surface area (Å²) in [5.74, 6) is 0. The van der Waals surface area contributed by atoms with Crippen LogP contribution < -0.4 is 5.32 Å². The number of nitrogens with zero attached hydrogens (tertiary/aromatic N) is 1. The van der Waals surface area contributed by atoms with Crippen molar-refractivity contribution in [1.29, 1.82) is 0 Å². The highest BCUT2D eigenvalue weighted by atomic mass is 35.5. The number of rotatable bonds is 2. The minimum Gasteiger partial charge on any atom is -0.376 e. The molecule has 2 aromatic heterocycles. The highest BCUT2D eigenvalue weighted by Crippen LogP contribution is 2.41. The number of nitrogens with one attached hydrogen (secondary N) is 1. The number of benzene rings is 1. The Bertz CT molecular complexity index is 828. The number of aryl methyl sites for hydroxylation is 1. The predicted octanol–water partition coefficient (Wildman–Crippen LogP) is 5.70. The molecule has 1 atom stereocenters. The maximum absolute atomic E-state index is 6.25. The van der Waals surface area contributed by atoms with Crippen LogP contribution in [0.4, 0.5) is 5.69 Å². The van der Waals surface area contributed by atoms with Gasteiger partial charge >= 0.3 is 0 Å². The Labute approximate surface area is 136 Å². The maximum atomic E-state index is 6.25. The lowest BCUT2D eigenvalue weighted by atomic mass is 10.1. The van der Waals surface area contributed by atoms with E-state index in [1.54, 1.807) is 17.5 Å². The van der Waals surface area contributed by atoms with Crippen molar-refractivity contribution in [2.75, 3.05) is 5.32 Å². The van der Waals surface area contributed by atoms with Gasteiger partial charge in [-0.15, -0.1) is 11.3 Å². The van der Waals surface area contributed by atoms with Crippen molar-refractivity contribution in [1.82, 2.24) is 4.98 Å². The van der Waals surface area contributed by atoms with Gasteiger partial charge in [-0.05, 0) is 48.7 Å². The van der Waals surface area contributed by atoms with E-state index in [1.807, 2.05) is 24.3 Å². The van der Waals surface area contributed by atoms with E-state index >= 15 is 0 Å². The lowest BCUT2D eigenvalue weighted by Crippen LogP contribution is -2.07. The van der Waals surface area contributed by atoms with Gasteiger partial charge in [-0.3, -0.25) is 4.98 Å². The number of anilines is 1. The second-order valence-corrected chi connectivity index (χ2v) is 7.33. The molecule has 1 unspecified atom stereocenters. The minimum atomic E-state index is 0.301. The predicted molar refractivity (Wildman–Crippen MR) is 90.8 cm³/mol. The van der Waals surface area contributed by atoms with Gasteiger partial charge in [-0.2, -0.15) is 0 Å². The first-order chi connectivity index (χ1) is 10.2. The average Bonchev–Trinajstić information content (AvgIpc) is 3.02. The van der Waals surface area contributed by atoms with E-state index in [2.05, 4.69) is 16.4 Å². The van der Waals surface area contributed by atoms with Crippen LogP contribution in [0, 0.1) is 0 Å². The third kappa shape index (κ3) is 2.30. The average molecular weight is 335 g/mol. The van der Waals surface area contributed by atoms with Gasteiger partial charge in [0.25, 0.3) is 0 Å². The molecule has 0 radical (unpaired) electrons. The zero-order valence-corrected chi connectivity index (χ0v) is 13.4. The van der Waals surface area contributed by atoms with E-state index in [4.69, 9.17) is 23.2 Å². The summed E-state index contributed by atoms with van der Waals surface area (Å²) in [5.41, 5.74) is 3.26. The topological polar surface area (TPSA) is 24.9 Å². The van der Waals surface area contributed by atoms with E-state index in [1.165, 1.54) is 10.4 Å². The van der Waals surface area contributed by atoms with Gasteiger partial charge in [-0.1, -0.05) is 23.2 Å². The smallest absolute Gasteiger partial charge is 0.0948 e. The second kappa shape index (κ2) is 5.16. The molecule has 3 aromatic rings. The van der Waals surface area contributed by atoms with Crippen molar-refractivity contribution in [2.45, 2.75) is 18.9 Å². The molecule has 2 nitrogen and oxygen atoms in total. The van der Waals surface area contributed by atoms with Crippen molar-refractivity contribution in [3.63, 3.8) is 0 Å². The van der Waals surface area contributed by atoms with Crippen LogP contribution in [0.2, 0.25) is 9.36 Å². The van der Waals surface area contributed by atoms with E-state index in [-0.39, 0.29) is 0 Å². The lowest BCUT2D eigenvalue weighted by molar-refractivity contribution is 0.763. The molecule has 0 spiro atoms. The molecule has 5 heteroatoms. The number of thiophene rings is 1. The Morgan fingerprint density at radius 2 is 2.14 bits per heavy atom. The Balaban J connectivity index is 1.74. The maximum Gasteiger partial charge on any atom is 0.0948 e. The second-order valence-electron chi connectivity index (χ2n) is 5.16.